The predicted molar refractivity (Wildman–Crippen MR) is 134 cm³/mol. The molecule has 0 unspecified atom stereocenters. The fourth-order valence-electron chi connectivity index (χ4n) is 6.23. The highest BCUT2D eigenvalue weighted by molar-refractivity contribution is 5.85. The van der Waals surface area contributed by atoms with Crippen LogP contribution in [0.2, 0.25) is 0 Å². The number of hydrogen-bond donors (Lipinski definition) is 0. The fourth-order valence-corrected chi connectivity index (χ4v) is 6.23. The van der Waals surface area contributed by atoms with Gasteiger partial charge in [-0.3, -0.25) is 0 Å². The van der Waals surface area contributed by atoms with Gasteiger partial charge in [0, 0.05) is 5.39 Å². The fraction of sp³-hybridized carbons (Fsp3) is 0.600. The number of hydrogen-bond acceptors (Lipinski definition) is 1. The van der Waals surface area contributed by atoms with Crippen molar-refractivity contribution < 1.29 is 9.13 Å². The maximum absolute atomic E-state index is 14.7. The Bertz CT molecular complexity index is 872. The van der Waals surface area contributed by atoms with Gasteiger partial charge < -0.3 is 4.74 Å². The van der Waals surface area contributed by atoms with Crippen molar-refractivity contribution in [1.82, 2.24) is 0 Å². The summed E-state index contributed by atoms with van der Waals surface area (Å²) in [4.78, 5) is 0. The van der Waals surface area contributed by atoms with Crippen LogP contribution >= 0.6 is 0 Å². The van der Waals surface area contributed by atoms with Gasteiger partial charge in [-0.15, -0.1) is 6.58 Å². The lowest BCUT2D eigenvalue weighted by Gasteiger charge is -2.32. The molecule has 0 aliphatic heterocycles. The zero-order valence-electron chi connectivity index (χ0n) is 20.0. The summed E-state index contributed by atoms with van der Waals surface area (Å²) in [5.74, 6) is 3.61. The molecule has 2 aliphatic carbocycles. The van der Waals surface area contributed by atoms with Gasteiger partial charge in [0.1, 0.15) is 0 Å². The average Bonchev–Trinajstić information content (AvgIpc) is 2.84. The van der Waals surface area contributed by atoms with Crippen LogP contribution in [-0.2, 0) is 0 Å². The SMILES string of the molecule is C=CCCC1CCC(CCC2CCC(c3ccc4c(F)c(OCC)ccc4c3)CC2)CC1. The van der Waals surface area contributed by atoms with E-state index in [1.807, 2.05) is 19.1 Å². The van der Waals surface area contributed by atoms with Crippen molar-refractivity contribution >= 4 is 10.8 Å². The molecule has 0 amide bonds. The molecule has 0 heterocycles. The quantitative estimate of drug-likeness (QED) is 0.356. The Morgan fingerprint density at radius 2 is 1.50 bits per heavy atom. The Hall–Kier alpha value is -1.83. The van der Waals surface area contributed by atoms with Crippen LogP contribution in [-0.4, -0.2) is 6.61 Å². The summed E-state index contributed by atoms with van der Waals surface area (Å²) in [6.07, 6.45) is 18.6. The first-order valence-corrected chi connectivity index (χ1v) is 13.1. The maximum Gasteiger partial charge on any atom is 0.172 e. The topological polar surface area (TPSA) is 9.23 Å². The van der Waals surface area contributed by atoms with Gasteiger partial charge in [-0.1, -0.05) is 68.9 Å². The molecule has 1 nitrogen and oxygen atoms in total. The van der Waals surface area contributed by atoms with Crippen molar-refractivity contribution in [2.24, 2.45) is 17.8 Å². The minimum atomic E-state index is -0.227. The second kappa shape index (κ2) is 11.3. The van der Waals surface area contributed by atoms with Crippen LogP contribution in [0.15, 0.2) is 43.0 Å². The van der Waals surface area contributed by atoms with Crippen molar-refractivity contribution in [1.29, 1.82) is 0 Å². The summed E-state index contributed by atoms with van der Waals surface area (Å²) in [6.45, 7) is 6.25. The van der Waals surface area contributed by atoms with E-state index in [2.05, 4.69) is 24.8 Å². The number of halogens is 1. The second-order valence-corrected chi connectivity index (χ2v) is 10.3. The molecule has 0 radical (unpaired) electrons. The highest BCUT2D eigenvalue weighted by atomic mass is 19.1. The first-order chi connectivity index (χ1) is 15.7. The van der Waals surface area contributed by atoms with E-state index in [-0.39, 0.29) is 5.82 Å². The van der Waals surface area contributed by atoms with Gasteiger partial charge in [0.05, 0.1) is 6.61 Å². The maximum atomic E-state index is 14.7. The van der Waals surface area contributed by atoms with Gasteiger partial charge in [0.2, 0.25) is 0 Å². The number of allylic oxidation sites excluding steroid dienone is 1. The van der Waals surface area contributed by atoms with Gasteiger partial charge in [-0.25, -0.2) is 4.39 Å². The summed E-state index contributed by atoms with van der Waals surface area (Å²) in [5.41, 5.74) is 1.39. The molecular weight excluding hydrogens is 395 g/mol. The van der Waals surface area contributed by atoms with E-state index < -0.39 is 0 Å². The molecule has 4 rings (SSSR count). The van der Waals surface area contributed by atoms with Crippen molar-refractivity contribution in [2.75, 3.05) is 6.61 Å². The van der Waals surface area contributed by atoms with Crippen LogP contribution < -0.4 is 4.74 Å². The van der Waals surface area contributed by atoms with Crippen LogP contribution in [0.3, 0.4) is 0 Å². The minimum Gasteiger partial charge on any atom is -0.491 e. The average molecular weight is 437 g/mol. The van der Waals surface area contributed by atoms with Crippen LogP contribution in [0.25, 0.3) is 10.8 Å². The molecule has 0 aromatic heterocycles. The summed E-state index contributed by atoms with van der Waals surface area (Å²) in [5, 5.41) is 1.67. The van der Waals surface area contributed by atoms with Crippen molar-refractivity contribution in [3.8, 4) is 5.75 Å². The monoisotopic (exact) mass is 436 g/mol. The summed E-state index contributed by atoms with van der Waals surface area (Å²) < 4.78 is 20.1. The molecule has 2 fully saturated rings. The van der Waals surface area contributed by atoms with E-state index in [4.69, 9.17) is 4.74 Å². The lowest BCUT2D eigenvalue weighted by molar-refractivity contribution is 0.225. The number of rotatable bonds is 9. The first kappa shape index (κ1) is 23.3. The van der Waals surface area contributed by atoms with Crippen LogP contribution in [0, 0.1) is 23.6 Å². The normalized spacial score (nSPS) is 26.2. The molecule has 2 saturated carbocycles. The Morgan fingerprint density at radius 1 is 0.875 bits per heavy atom. The van der Waals surface area contributed by atoms with Crippen molar-refractivity contribution in [3.63, 3.8) is 0 Å². The smallest absolute Gasteiger partial charge is 0.172 e. The molecule has 2 heteroatoms. The molecule has 0 saturated heterocycles. The Labute approximate surface area is 194 Å². The second-order valence-electron chi connectivity index (χ2n) is 10.3. The molecule has 2 aromatic carbocycles. The largest absolute Gasteiger partial charge is 0.491 e. The molecular formula is C30H41FO. The van der Waals surface area contributed by atoms with Crippen LogP contribution in [0.1, 0.15) is 95.5 Å². The standard InChI is InChI=1S/C30H41FO/c1-3-5-6-22-7-9-23(10-8-22)11-12-24-13-15-25(16-14-24)26-17-19-28-27(21-26)18-20-29(30(28)31)32-4-2/h3,17-25H,1,4-16H2,2H3. The summed E-state index contributed by atoms with van der Waals surface area (Å²) >= 11 is 0. The minimum absolute atomic E-state index is 0.227. The van der Waals surface area contributed by atoms with Crippen LogP contribution in [0.5, 0.6) is 5.75 Å². The number of ether oxygens (including phenoxy) is 1. The zero-order chi connectivity index (χ0) is 22.3. The van der Waals surface area contributed by atoms with Gasteiger partial charge in [-0.2, -0.15) is 0 Å². The van der Waals surface area contributed by atoms with Crippen LogP contribution in [0.4, 0.5) is 4.39 Å². The third-order valence-corrected chi connectivity index (χ3v) is 8.29. The van der Waals surface area contributed by atoms with Gasteiger partial charge in [0.15, 0.2) is 11.6 Å². The highest BCUT2D eigenvalue weighted by Crippen LogP contribution is 2.41. The molecule has 0 N–H and O–H groups in total. The molecule has 174 valence electrons. The van der Waals surface area contributed by atoms with E-state index in [1.54, 1.807) is 6.07 Å². The third-order valence-electron chi connectivity index (χ3n) is 8.29. The van der Waals surface area contributed by atoms with Gasteiger partial charge >= 0.3 is 0 Å². The molecule has 0 atom stereocenters. The highest BCUT2D eigenvalue weighted by Gasteiger charge is 2.25. The first-order valence-electron chi connectivity index (χ1n) is 13.1. The number of benzene rings is 2. The summed E-state index contributed by atoms with van der Waals surface area (Å²) in [7, 11) is 0. The number of fused-ring (bicyclic) bond motifs is 1. The van der Waals surface area contributed by atoms with Crippen molar-refractivity contribution in [3.05, 3.63) is 54.4 Å². The molecule has 2 aliphatic rings. The van der Waals surface area contributed by atoms with Crippen molar-refractivity contribution in [2.45, 2.75) is 89.9 Å². The van der Waals surface area contributed by atoms with E-state index in [0.29, 0.717) is 23.7 Å². The van der Waals surface area contributed by atoms with E-state index >= 15 is 0 Å². The third kappa shape index (κ3) is 5.74. The zero-order valence-corrected chi connectivity index (χ0v) is 20.0. The molecule has 32 heavy (non-hydrogen) atoms. The molecule has 2 aromatic rings. The predicted octanol–water partition coefficient (Wildman–Crippen LogP) is 9.20. The summed E-state index contributed by atoms with van der Waals surface area (Å²) in [6, 6.07) is 10.1. The van der Waals surface area contributed by atoms with E-state index in [0.717, 1.165) is 23.1 Å². The van der Waals surface area contributed by atoms with Gasteiger partial charge in [-0.05, 0) is 86.1 Å². The van der Waals surface area contributed by atoms with E-state index in [9.17, 15) is 4.39 Å². The van der Waals surface area contributed by atoms with E-state index in [1.165, 1.54) is 82.6 Å². The Morgan fingerprint density at radius 3 is 2.12 bits per heavy atom. The lowest BCUT2D eigenvalue weighted by atomic mass is 9.74. The molecule has 0 spiro atoms. The Balaban J connectivity index is 1.24. The molecule has 0 bridgehead atoms. The lowest BCUT2D eigenvalue weighted by Crippen LogP contribution is -2.17. The Kier molecular flexibility index (Phi) is 8.27. The van der Waals surface area contributed by atoms with Gasteiger partial charge in [0.25, 0.3) is 0 Å².